The lowest BCUT2D eigenvalue weighted by atomic mass is 9.86. The molecule has 0 bridgehead atoms. The maximum atomic E-state index is 12.2. The maximum Gasteiger partial charge on any atom is 0.309 e. The van der Waals surface area contributed by atoms with E-state index in [1.165, 1.54) is 18.4 Å². The summed E-state index contributed by atoms with van der Waals surface area (Å²) >= 11 is 0. The van der Waals surface area contributed by atoms with E-state index in [4.69, 9.17) is 4.74 Å². The molecule has 1 fully saturated rings. The highest BCUT2D eigenvalue weighted by atomic mass is 16.5. The minimum Gasteiger partial charge on any atom is -0.466 e. The summed E-state index contributed by atoms with van der Waals surface area (Å²) < 4.78 is 5.26. The third kappa shape index (κ3) is 4.64. The van der Waals surface area contributed by atoms with Crippen molar-refractivity contribution in [1.29, 1.82) is 0 Å². The second kappa shape index (κ2) is 8.05. The van der Waals surface area contributed by atoms with Crippen LogP contribution in [0, 0.1) is 11.8 Å². The molecule has 0 spiro atoms. The molecule has 0 aliphatic carbocycles. The summed E-state index contributed by atoms with van der Waals surface area (Å²) in [5.41, 5.74) is 1.22. The van der Waals surface area contributed by atoms with Gasteiger partial charge >= 0.3 is 5.97 Å². The van der Waals surface area contributed by atoms with Crippen molar-refractivity contribution >= 4 is 5.97 Å². The van der Waals surface area contributed by atoms with Crippen LogP contribution < -0.4 is 5.32 Å². The Morgan fingerprint density at radius 3 is 2.85 bits per heavy atom. The quantitative estimate of drug-likeness (QED) is 0.811. The highest BCUT2D eigenvalue weighted by Crippen LogP contribution is 2.23. The normalized spacial score (nSPS) is 20.4. The fourth-order valence-electron chi connectivity index (χ4n) is 2.95. The number of carbonyl (C=O) groups is 1. The van der Waals surface area contributed by atoms with Crippen LogP contribution in [0.1, 0.15) is 31.7 Å². The molecule has 1 aliphatic rings. The molecule has 1 aliphatic heterocycles. The van der Waals surface area contributed by atoms with Crippen molar-refractivity contribution in [1.82, 2.24) is 5.32 Å². The number of nitrogens with one attached hydrogen (secondary N) is 1. The molecule has 0 saturated carbocycles. The van der Waals surface area contributed by atoms with Crippen molar-refractivity contribution in [3.05, 3.63) is 35.9 Å². The van der Waals surface area contributed by atoms with E-state index in [1.807, 2.05) is 25.1 Å². The van der Waals surface area contributed by atoms with Crippen LogP contribution in [-0.2, 0) is 16.0 Å². The molecule has 1 aromatic carbocycles. The Hall–Kier alpha value is -1.35. The topological polar surface area (TPSA) is 38.3 Å². The van der Waals surface area contributed by atoms with Crippen LogP contribution in [0.3, 0.4) is 0 Å². The fourth-order valence-corrected chi connectivity index (χ4v) is 2.95. The maximum absolute atomic E-state index is 12.2. The Labute approximate surface area is 121 Å². The van der Waals surface area contributed by atoms with Gasteiger partial charge in [0.15, 0.2) is 0 Å². The van der Waals surface area contributed by atoms with Crippen molar-refractivity contribution in [2.75, 3.05) is 19.7 Å². The molecule has 0 aromatic heterocycles. The minimum atomic E-state index is -0.0399. The molecule has 110 valence electrons. The van der Waals surface area contributed by atoms with Gasteiger partial charge in [0.1, 0.15) is 0 Å². The summed E-state index contributed by atoms with van der Waals surface area (Å²) in [7, 11) is 0. The van der Waals surface area contributed by atoms with Gasteiger partial charge in [0, 0.05) is 0 Å². The van der Waals surface area contributed by atoms with Gasteiger partial charge in [-0.2, -0.15) is 0 Å². The molecule has 20 heavy (non-hydrogen) atoms. The average Bonchev–Trinajstić information content (AvgIpc) is 2.49. The third-order valence-corrected chi connectivity index (χ3v) is 3.96. The van der Waals surface area contributed by atoms with Gasteiger partial charge in [0.25, 0.3) is 0 Å². The van der Waals surface area contributed by atoms with E-state index in [1.54, 1.807) is 0 Å². The van der Waals surface area contributed by atoms with Gasteiger partial charge in [-0.15, -0.1) is 0 Å². The molecular formula is C17H25NO2. The first kappa shape index (κ1) is 15.0. The van der Waals surface area contributed by atoms with Crippen LogP contribution >= 0.6 is 0 Å². The molecule has 1 N–H and O–H groups in total. The van der Waals surface area contributed by atoms with Gasteiger partial charge in [0.2, 0.25) is 0 Å². The van der Waals surface area contributed by atoms with E-state index in [9.17, 15) is 4.79 Å². The van der Waals surface area contributed by atoms with Crippen LogP contribution in [0.15, 0.2) is 30.3 Å². The lowest BCUT2D eigenvalue weighted by molar-refractivity contribution is -0.148. The summed E-state index contributed by atoms with van der Waals surface area (Å²) in [6.45, 7) is 4.48. The number of carbonyl (C=O) groups excluding carboxylic acids is 1. The second-order valence-corrected chi connectivity index (χ2v) is 5.59. The smallest absolute Gasteiger partial charge is 0.309 e. The van der Waals surface area contributed by atoms with E-state index in [0.717, 1.165) is 25.9 Å². The van der Waals surface area contributed by atoms with Crippen LogP contribution in [0.4, 0.5) is 0 Å². The SMILES string of the molecule is CCOC(=O)C(Cc1ccccc1)CC1CCCNC1. The zero-order valence-corrected chi connectivity index (χ0v) is 12.3. The number of hydrogen-bond acceptors (Lipinski definition) is 3. The summed E-state index contributed by atoms with van der Waals surface area (Å²) in [5.74, 6) is 0.547. The summed E-state index contributed by atoms with van der Waals surface area (Å²) in [5, 5.41) is 3.42. The Balaban J connectivity index is 1.98. The molecule has 2 atom stereocenters. The first-order valence-corrected chi connectivity index (χ1v) is 7.71. The predicted molar refractivity (Wildman–Crippen MR) is 80.5 cm³/mol. The predicted octanol–water partition coefficient (Wildman–Crippen LogP) is 2.80. The molecule has 2 rings (SSSR count). The van der Waals surface area contributed by atoms with Gasteiger partial charge in [-0.1, -0.05) is 30.3 Å². The van der Waals surface area contributed by atoms with Crippen molar-refractivity contribution in [3.63, 3.8) is 0 Å². The summed E-state index contributed by atoms with van der Waals surface area (Å²) in [6, 6.07) is 10.2. The Kier molecular flexibility index (Phi) is 6.06. The molecule has 1 saturated heterocycles. The Morgan fingerprint density at radius 2 is 2.20 bits per heavy atom. The van der Waals surface area contributed by atoms with Gasteiger partial charge in [-0.3, -0.25) is 4.79 Å². The van der Waals surface area contributed by atoms with Crippen LogP contribution in [0.25, 0.3) is 0 Å². The number of hydrogen-bond donors (Lipinski definition) is 1. The number of rotatable bonds is 6. The van der Waals surface area contributed by atoms with Gasteiger partial charge in [0.05, 0.1) is 12.5 Å². The van der Waals surface area contributed by atoms with E-state index in [2.05, 4.69) is 17.4 Å². The monoisotopic (exact) mass is 275 g/mol. The van der Waals surface area contributed by atoms with E-state index < -0.39 is 0 Å². The highest BCUT2D eigenvalue weighted by molar-refractivity contribution is 5.72. The first-order valence-electron chi connectivity index (χ1n) is 7.71. The van der Waals surface area contributed by atoms with Crippen LogP contribution in [0.5, 0.6) is 0 Å². The largest absolute Gasteiger partial charge is 0.466 e. The van der Waals surface area contributed by atoms with E-state index >= 15 is 0 Å². The van der Waals surface area contributed by atoms with Gasteiger partial charge < -0.3 is 10.1 Å². The highest BCUT2D eigenvalue weighted by Gasteiger charge is 2.25. The Bertz CT molecular complexity index is 399. The van der Waals surface area contributed by atoms with Gasteiger partial charge in [-0.05, 0) is 57.2 Å². The number of piperidine rings is 1. The van der Waals surface area contributed by atoms with Crippen molar-refractivity contribution < 1.29 is 9.53 Å². The summed E-state index contributed by atoms with van der Waals surface area (Å²) in [4.78, 5) is 12.2. The molecular weight excluding hydrogens is 250 g/mol. The van der Waals surface area contributed by atoms with Crippen molar-refractivity contribution in [2.45, 2.75) is 32.6 Å². The molecule has 0 radical (unpaired) electrons. The minimum absolute atomic E-state index is 0.0118. The van der Waals surface area contributed by atoms with Crippen LogP contribution in [-0.4, -0.2) is 25.7 Å². The van der Waals surface area contributed by atoms with Crippen molar-refractivity contribution in [3.8, 4) is 0 Å². The third-order valence-electron chi connectivity index (χ3n) is 3.96. The first-order chi connectivity index (χ1) is 9.79. The lowest BCUT2D eigenvalue weighted by Crippen LogP contribution is -2.33. The van der Waals surface area contributed by atoms with Crippen molar-refractivity contribution in [2.24, 2.45) is 11.8 Å². The number of benzene rings is 1. The molecule has 1 aromatic rings. The Morgan fingerprint density at radius 1 is 1.40 bits per heavy atom. The zero-order valence-electron chi connectivity index (χ0n) is 12.3. The molecule has 1 heterocycles. The molecule has 3 nitrogen and oxygen atoms in total. The van der Waals surface area contributed by atoms with Crippen LogP contribution in [0.2, 0.25) is 0 Å². The molecule has 0 amide bonds. The standard InChI is InChI=1S/C17H25NO2/c1-2-20-17(19)16(11-14-7-4-3-5-8-14)12-15-9-6-10-18-13-15/h3-5,7-8,15-16,18H,2,6,9-13H2,1H3. The molecule has 3 heteroatoms. The second-order valence-electron chi connectivity index (χ2n) is 5.59. The average molecular weight is 275 g/mol. The fraction of sp³-hybridized carbons (Fsp3) is 0.588. The van der Waals surface area contributed by atoms with Gasteiger partial charge in [-0.25, -0.2) is 0 Å². The summed E-state index contributed by atoms with van der Waals surface area (Å²) in [6.07, 6.45) is 4.15. The lowest BCUT2D eigenvalue weighted by Gasteiger charge is -2.26. The number of esters is 1. The number of ether oxygens (including phenoxy) is 1. The molecule has 2 unspecified atom stereocenters. The van der Waals surface area contributed by atoms with E-state index in [0.29, 0.717) is 12.5 Å². The zero-order chi connectivity index (χ0) is 14.2. The van der Waals surface area contributed by atoms with E-state index in [-0.39, 0.29) is 11.9 Å².